The number of amides is 4. The first-order chi connectivity index (χ1) is 14.1. The summed E-state index contributed by atoms with van der Waals surface area (Å²) in [6, 6.07) is 10.6. The van der Waals surface area contributed by atoms with Gasteiger partial charge in [0.05, 0.1) is 12.2 Å². The normalized spacial score (nSPS) is 13.4. The van der Waals surface area contributed by atoms with Crippen molar-refractivity contribution >= 4 is 34.9 Å². The van der Waals surface area contributed by atoms with Crippen molar-refractivity contribution in [1.29, 1.82) is 0 Å². The van der Waals surface area contributed by atoms with Crippen molar-refractivity contribution in [2.24, 2.45) is 0 Å². The fourth-order valence-electron chi connectivity index (χ4n) is 3.34. The monoisotopic (exact) mass is 407 g/mol. The summed E-state index contributed by atoms with van der Waals surface area (Å²) in [5.74, 6) is 0.540. The zero-order chi connectivity index (χ0) is 20.4. The topological polar surface area (TPSA) is 69.6 Å². The fraction of sp³-hybridized carbons (Fsp3) is 0.238. The number of nitrogens with zero attached hydrogens (tertiary/aromatic N) is 5. The van der Waals surface area contributed by atoms with E-state index in [9.17, 15) is 9.59 Å². The van der Waals surface area contributed by atoms with Crippen LogP contribution in [0.3, 0.4) is 0 Å². The maximum absolute atomic E-state index is 13.4. The van der Waals surface area contributed by atoms with Crippen molar-refractivity contribution in [2.45, 2.75) is 20.4 Å². The second-order valence-electron chi connectivity index (χ2n) is 6.53. The van der Waals surface area contributed by atoms with Crippen molar-refractivity contribution in [3.05, 3.63) is 59.7 Å². The van der Waals surface area contributed by atoms with Crippen molar-refractivity contribution in [1.82, 2.24) is 14.9 Å². The fourth-order valence-corrected chi connectivity index (χ4v) is 4.16. The summed E-state index contributed by atoms with van der Waals surface area (Å²) in [5, 5.41) is 2.65. The second-order valence-corrected chi connectivity index (χ2v) is 7.39. The molecule has 7 nitrogen and oxygen atoms in total. The molecule has 1 aliphatic heterocycles. The van der Waals surface area contributed by atoms with Crippen LogP contribution in [-0.4, -0.2) is 40.0 Å². The Kier molecular flexibility index (Phi) is 5.26. The van der Waals surface area contributed by atoms with Crippen molar-refractivity contribution in [3.63, 3.8) is 0 Å². The first kappa shape index (κ1) is 19.1. The maximum atomic E-state index is 13.4. The molecule has 148 valence electrons. The smallest absolute Gasteiger partial charge is 0.324 e. The number of urea groups is 2. The molecule has 1 aromatic carbocycles. The van der Waals surface area contributed by atoms with Gasteiger partial charge in [-0.3, -0.25) is 9.88 Å². The molecule has 0 aliphatic carbocycles. The van der Waals surface area contributed by atoms with E-state index in [4.69, 9.17) is 0 Å². The molecule has 0 bridgehead atoms. The van der Waals surface area contributed by atoms with Gasteiger partial charge in [-0.05, 0) is 37.6 Å². The number of hydrogen-bond donors (Lipinski definition) is 0. The number of anilines is 2. The number of hydrogen-bond acceptors (Lipinski definition) is 5. The number of carbonyl (C=O) groups excluding carboxylic acids is 2. The Bertz CT molecular complexity index is 1030. The summed E-state index contributed by atoms with van der Waals surface area (Å²) < 4.78 is 0. The first-order valence-corrected chi connectivity index (χ1v) is 10.4. The zero-order valence-electron chi connectivity index (χ0n) is 16.3. The number of benzene rings is 1. The van der Waals surface area contributed by atoms with Gasteiger partial charge in [-0.1, -0.05) is 18.2 Å². The summed E-state index contributed by atoms with van der Waals surface area (Å²) in [6.07, 6.45) is 3.42. The van der Waals surface area contributed by atoms with E-state index in [0.29, 0.717) is 31.1 Å². The van der Waals surface area contributed by atoms with Crippen LogP contribution in [0.25, 0.3) is 10.6 Å². The Morgan fingerprint density at radius 3 is 2.59 bits per heavy atom. The molecule has 3 aromatic rings. The minimum Gasteiger partial charge on any atom is -0.324 e. The highest BCUT2D eigenvalue weighted by Gasteiger charge is 2.37. The van der Waals surface area contributed by atoms with Gasteiger partial charge in [0.2, 0.25) is 0 Å². The van der Waals surface area contributed by atoms with Crippen LogP contribution in [-0.2, 0) is 6.54 Å². The van der Waals surface area contributed by atoms with E-state index in [0.717, 1.165) is 16.1 Å². The zero-order valence-corrected chi connectivity index (χ0v) is 17.1. The lowest BCUT2D eigenvalue weighted by molar-refractivity contribution is 0.207. The molecule has 1 aliphatic rings. The predicted molar refractivity (Wildman–Crippen MR) is 114 cm³/mol. The third-order valence-corrected chi connectivity index (χ3v) is 5.78. The van der Waals surface area contributed by atoms with Crippen molar-refractivity contribution in [2.75, 3.05) is 22.9 Å². The minimum absolute atomic E-state index is 0.318. The van der Waals surface area contributed by atoms with Crippen LogP contribution in [0.15, 0.2) is 54.2 Å². The summed E-state index contributed by atoms with van der Waals surface area (Å²) in [4.78, 5) is 39.6. The molecule has 0 saturated carbocycles. The van der Waals surface area contributed by atoms with E-state index in [1.54, 1.807) is 22.2 Å². The van der Waals surface area contributed by atoms with E-state index in [1.165, 1.54) is 16.2 Å². The summed E-state index contributed by atoms with van der Waals surface area (Å²) in [6.45, 7) is 5.24. The van der Waals surface area contributed by atoms with Crippen LogP contribution in [0.4, 0.5) is 21.1 Å². The van der Waals surface area contributed by atoms with Crippen molar-refractivity contribution in [3.8, 4) is 10.6 Å². The molecule has 29 heavy (non-hydrogen) atoms. The first-order valence-electron chi connectivity index (χ1n) is 9.48. The number of pyridine rings is 1. The SMILES string of the molecule is CCN(CC)C(=O)N1C(=O)N(c2csc(-c3ccncc3)n2)Cc2ccccc21. The molecule has 0 fully saturated rings. The minimum atomic E-state index is -0.382. The van der Waals surface area contributed by atoms with Crippen LogP contribution in [0.5, 0.6) is 0 Å². The number of imide groups is 1. The highest BCUT2D eigenvalue weighted by atomic mass is 32.1. The standard InChI is InChI=1S/C21H21N5O2S/c1-3-24(4-2)20(27)26-17-8-6-5-7-16(17)13-25(21(26)28)18-14-29-19(23-18)15-9-11-22-12-10-15/h5-12,14H,3-4,13H2,1-2H3. The molecule has 3 heterocycles. The van der Waals surface area contributed by atoms with Gasteiger partial charge in [0.1, 0.15) is 10.8 Å². The summed E-state index contributed by atoms with van der Waals surface area (Å²) in [5.41, 5.74) is 2.48. The second kappa shape index (κ2) is 8.00. The number of fused-ring (bicyclic) bond motifs is 1. The van der Waals surface area contributed by atoms with Crippen LogP contribution < -0.4 is 9.80 Å². The van der Waals surface area contributed by atoms with Gasteiger partial charge in [-0.15, -0.1) is 11.3 Å². The molecule has 4 rings (SSSR count). The van der Waals surface area contributed by atoms with Crippen LogP contribution >= 0.6 is 11.3 Å². The predicted octanol–water partition coefficient (Wildman–Crippen LogP) is 4.61. The molecule has 2 aromatic heterocycles. The Labute approximate surface area is 173 Å². The molecule has 0 radical (unpaired) electrons. The lowest BCUT2D eigenvalue weighted by Crippen LogP contribution is -2.54. The van der Waals surface area contributed by atoms with E-state index >= 15 is 0 Å². The number of rotatable bonds is 4. The highest BCUT2D eigenvalue weighted by Crippen LogP contribution is 2.34. The lowest BCUT2D eigenvalue weighted by Gasteiger charge is -2.37. The molecular weight excluding hydrogens is 386 g/mol. The number of carbonyl (C=O) groups is 2. The average molecular weight is 407 g/mol. The molecule has 8 heteroatoms. The van der Waals surface area contributed by atoms with Crippen LogP contribution in [0.2, 0.25) is 0 Å². The Balaban J connectivity index is 1.72. The average Bonchev–Trinajstić information content (AvgIpc) is 3.25. The number of thiazole rings is 1. The van der Waals surface area contributed by atoms with Gasteiger partial charge in [0, 0.05) is 36.4 Å². The highest BCUT2D eigenvalue weighted by molar-refractivity contribution is 7.13. The Hall–Kier alpha value is -3.26. The number of aromatic nitrogens is 2. The Morgan fingerprint density at radius 1 is 1.14 bits per heavy atom. The maximum Gasteiger partial charge on any atom is 0.338 e. The molecule has 0 saturated heterocycles. The van der Waals surface area contributed by atoms with Gasteiger partial charge >= 0.3 is 12.1 Å². The summed E-state index contributed by atoms with van der Waals surface area (Å²) >= 11 is 1.46. The molecule has 0 N–H and O–H groups in total. The quantitative estimate of drug-likeness (QED) is 0.633. The third kappa shape index (κ3) is 3.47. The van der Waals surface area contributed by atoms with Gasteiger partial charge in [0.25, 0.3) is 0 Å². The van der Waals surface area contributed by atoms with Crippen LogP contribution in [0.1, 0.15) is 19.4 Å². The van der Waals surface area contributed by atoms with E-state index in [2.05, 4.69) is 9.97 Å². The van der Waals surface area contributed by atoms with E-state index in [-0.39, 0.29) is 12.1 Å². The molecule has 0 atom stereocenters. The van der Waals surface area contributed by atoms with Crippen LogP contribution in [0, 0.1) is 0 Å². The van der Waals surface area contributed by atoms with E-state index in [1.807, 2.05) is 55.6 Å². The molecular formula is C21H21N5O2S. The van der Waals surface area contributed by atoms with Gasteiger partial charge in [-0.2, -0.15) is 0 Å². The Morgan fingerprint density at radius 2 is 1.86 bits per heavy atom. The van der Waals surface area contributed by atoms with Gasteiger partial charge < -0.3 is 4.90 Å². The van der Waals surface area contributed by atoms with E-state index < -0.39 is 0 Å². The number of para-hydroxylation sites is 1. The van der Waals surface area contributed by atoms with Crippen molar-refractivity contribution < 1.29 is 9.59 Å². The summed E-state index contributed by atoms with van der Waals surface area (Å²) in [7, 11) is 0. The third-order valence-electron chi connectivity index (χ3n) is 4.90. The molecule has 0 spiro atoms. The lowest BCUT2D eigenvalue weighted by atomic mass is 10.1. The van der Waals surface area contributed by atoms with Gasteiger partial charge in [0.15, 0.2) is 0 Å². The largest absolute Gasteiger partial charge is 0.338 e. The molecule has 4 amide bonds. The van der Waals surface area contributed by atoms with Gasteiger partial charge in [-0.25, -0.2) is 19.5 Å². The molecule has 0 unspecified atom stereocenters.